The second-order valence-electron chi connectivity index (χ2n) is 7.85. The normalized spacial score (nSPS) is 16.9. The number of anilines is 1. The van der Waals surface area contributed by atoms with E-state index in [1.807, 2.05) is 6.07 Å². The molecule has 0 unspecified atom stereocenters. The highest BCUT2D eigenvalue weighted by Gasteiger charge is 2.32. The molecule has 2 heterocycles. The van der Waals surface area contributed by atoms with Crippen molar-refractivity contribution in [2.75, 3.05) is 58.5 Å². The lowest BCUT2D eigenvalue weighted by atomic mass is 10.2. The molecule has 0 aromatic heterocycles. The van der Waals surface area contributed by atoms with E-state index in [2.05, 4.69) is 0 Å². The number of benzene rings is 2. The molecule has 2 aliphatic heterocycles. The summed E-state index contributed by atoms with van der Waals surface area (Å²) >= 11 is 0. The van der Waals surface area contributed by atoms with E-state index in [0.29, 0.717) is 22.9 Å². The van der Waals surface area contributed by atoms with Gasteiger partial charge in [-0.15, -0.1) is 0 Å². The molecule has 2 aliphatic rings. The van der Waals surface area contributed by atoms with Crippen molar-refractivity contribution >= 4 is 27.5 Å². The summed E-state index contributed by atoms with van der Waals surface area (Å²) in [5.74, 6) is 0.892. The molecule has 1 saturated heterocycles. The third-order valence-electron chi connectivity index (χ3n) is 5.91. The van der Waals surface area contributed by atoms with E-state index in [1.54, 1.807) is 29.2 Å². The molecule has 0 spiro atoms. The van der Waals surface area contributed by atoms with Gasteiger partial charge in [-0.05, 0) is 24.3 Å². The predicted octanol–water partition coefficient (Wildman–Crippen LogP) is 1.35. The zero-order valence-corrected chi connectivity index (χ0v) is 19.9. The molecule has 2 amide bonds. The molecule has 2 aromatic rings. The molecule has 0 saturated carbocycles. The van der Waals surface area contributed by atoms with Gasteiger partial charge in [-0.3, -0.25) is 14.5 Å². The summed E-state index contributed by atoms with van der Waals surface area (Å²) < 4.78 is 43.6. The summed E-state index contributed by atoms with van der Waals surface area (Å²) in [6.45, 7) is 0.887. The summed E-state index contributed by atoms with van der Waals surface area (Å²) in [7, 11) is -0.849. The van der Waals surface area contributed by atoms with Crippen LogP contribution in [0.3, 0.4) is 0 Å². The smallest absolute Gasteiger partial charge is 0.243 e. The molecule has 0 N–H and O–H groups in total. The summed E-state index contributed by atoms with van der Waals surface area (Å²) in [5, 5.41) is 0. The summed E-state index contributed by atoms with van der Waals surface area (Å²) in [6, 6.07) is 11.6. The molecular weight excluding hydrogens is 462 g/mol. The van der Waals surface area contributed by atoms with Crippen LogP contribution < -0.4 is 19.1 Å². The number of sulfonamides is 1. The van der Waals surface area contributed by atoms with Gasteiger partial charge in [-0.2, -0.15) is 4.31 Å². The number of amides is 2. The molecule has 10 nitrogen and oxygen atoms in total. The van der Waals surface area contributed by atoms with Gasteiger partial charge in [0.05, 0.1) is 37.8 Å². The molecule has 0 radical (unpaired) electrons. The van der Waals surface area contributed by atoms with Crippen molar-refractivity contribution in [2.24, 2.45) is 0 Å². The SMILES string of the molecule is COc1ccc(S(=O)(=O)N2CCN(C(=O)CN3C(=O)CCOc4ccccc43)CC2)cc1OC. The minimum atomic E-state index is -3.77. The predicted molar refractivity (Wildman–Crippen MR) is 124 cm³/mol. The first-order valence-corrected chi connectivity index (χ1v) is 12.3. The second-order valence-corrected chi connectivity index (χ2v) is 9.79. The van der Waals surface area contributed by atoms with E-state index in [1.165, 1.54) is 35.6 Å². The Morgan fingerprint density at radius 3 is 2.41 bits per heavy atom. The summed E-state index contributed by atoms with van der Waals surface area (Å²) in [6.07, 6.45) is 0.180. The molecule has 182 valence electrons. The Balaban J connectivity index is 1.43. The van der Waals surface area contributed by atoms with Gasteiger partial charge in [0.1, 0.15) is 12.3 Å². The average molecular weight is 490 g/mol. The largest absolute Gasteiger partial charge is 0.493 e. The molecule has 1 fully saturated rings. The number of para-hydroxylation sites is 2. The Morgan fingerprint density at radius 2 is 1.71 bits per heavy atom. The van der Waals surface area contributed by atoms with E-state index >= 15 is 0 Å². The number of nitrogens with zero attached hydrogens (tertiary/aromatic N) is 3. The number of methoxy groups -OCH3 is 2. The lowest BCUT2D eigenvalue weighted by Gasteiger charge is -2.35. The van der Waals surface area contributed by atoms with Gasteiger partial charge < -0.3 is 19.1 Å². The highest BCUT2D eigenvalue weighted by atomic mass is 32.2. The fourth-order valence-electron chi connectivity index (χ4n) is 4.03. The van der Waals surface area contributed by atoms with Crippen molar-refractivity contribution in [2.45, 2.75) is 11.3 Å². The van der Waals surface area contributed by atoms with Crippen LogP contribution in [0.15, 0.2) is 47.4 Å². The van der Waals surface area contributed by atoms with Crippen LogP contribution in [0.5, 0.6) is 17.2 Å². The van der Waals surface area contributed by atoms with Crippen molar-refractivity contribution in [1.82, 2.24) is 9.21 Å². The van der Waals surface area contributed by atoms with Gasteiger partial charge in [0, 0.05) is 32.2 Å². The number of ether oxygens (including phenoxy) is 3. The average Bonchev–Trinajstić information content (AvgIpc) is 3.02. The van der Waals surface area contributed by atoms with Gasteiger partial charge in [-0.1, -0.05) is 12.1 Å². The second kappa shape index (κ2) is 9.90. The van der Waals surface area contributed by atoms with Crippen molar-refractivity contribution in [3.05, 3.63) is 42.5 Å². The van der Waals surface area contributed by atoms with Crippen molar-refractivity contribution in [1.29, 1.82) is 0 Å². The number of hydrogen-bond acceptors (Lipinski definition) is 7. The van der Waals surface area contributed by atoms with Crippen LogP contribution in [0.1, 0.15) is 6.42 Å². The van der Waals surface area contributed by atoms with Crippen LogP contribution in [0, 0.1) is 0 Å². The molecule has 4 rings (SSSR count). The quantitative estimate of drug-likeness (QED) is 0.603. The Kier molecular flexibility index (Phi) is 6.94. The molecular formula is C23H27N3O7S. The maximum atomic E-state index is 13.1. The molecule has 0 aliphatic carbocycles. The number of carbonyl (C=O) groups excluding carboxylic acids is 2. The number of fused-ring (bicyclic) bond motifs is 1. The lowest BCUT2D eigenvalue weighted by Crippen LogP contribution is -2.53. The first kappa shape index (κ1) is 23.8. The Bertz CT molecular complexity index is 1180. The highest BCUT2D eigenvalue weighted by molar-refractivity contribution is 7.89. The van der Waals surface area contributed by atoms with Gasteiger partial charge in [-0.25, -0.2) is 8.42 Å². The van der Waals surface area contributed by atoms with Crippen LogP contribution in [0.2, 0.25) is 0 Å². The van der Waals surface area contributed by atoms with Crippen LogP contribution in [-0.4, -0.2) is 83.0 Å². The van der Waals surface area contributed by atoms with Crippen molar-refractivity contribution in [3.63, 3.8) is 0 Å². The first-order valence-electron chi connectivity index (χ1n) is 10.9. The van der Waals surface area contributed by atoms with Crippen LogP contribution in [0.4, 0.5) is 5.69 Å². The van der Waals surface area contributed by atoms with Crippen molar-refractivity contribution < 1.29 is 32.2 Å². The van der Waals surface area contributed by atoms with Gasteiger partial charge in [0.15, 0.2) is 11.5 Å². The molecule has 11 heteroatoms. The van der Waals surface area contributed by atoms with E-state index < -0.39 is 10.0 Å². The van der Waals surface area contributed by atoms with Gasteiger partial charge in [0.2, 0.25) is 21.8 Å². The zero-order chi connectivity index (χ0) is 24.3. The minimum Gasteiger partial charge on any atom is -0.493 e. The lowest BCUT2D eigenvalue weighted by molar-refractivity contribution is -0.132. The number of rotatable bonds is 6. The number of hydrogen-bond donors (Lipinski definition) is 0. The zero-order valence-electron chi connectivity index (χ0n) is 19.1. The standard InChI is InChI=1S/C23H27N3O7S/c1-31-20-8-7-17(15-21(20)32-2)34(29,30)25-12-10-24(11-13-25)23(28)16-26-18-5-3-4-6-19(18)33-14-9-22(26)27/h3-8,15H,9-14,16H2,1-2H3. The van der Waals surface area contributed by atoms with Crippen LogP contribution in [0.25, 0.3) is 0 Å². The van der Waals surface area contributed by atoms with Crippen LogP contribution >= 0.6 is 0 Å². The third kappa shape index (κ3) is 4.66. The maximum Gasteiger partial charge on any atom is 0.243 e. The number of piperazine rings is 1. The van der Waals surface area contributed by atoms with E-state index in [4.69, 9.17) is 14.2 Å². The molecule has 0 bridgehead atoms. The summed E-state index contributed by atoms with van der Waals surface area (Å²) in [5.41, 5.74) is 0.563. The number of carbonyl (C=O) groups is 2. The first-order chi connectivity index (χ1) is 16.3. The fourth-order valence-corrected chi connectivity index (χ4v) is 5.47. The highest BCUT2D eigenvalue weighted by Crippen LogP contribution is 2.32. The topological polar surface area (TPSA) is 106 Å². The monoisotopic (exact) mass is 489 g/mol. The molecule has 34 heavy (non-hydrogen) atoms. The Hall–Kier alpha value is -3.31. The molecule has 2 aromatic carbocycles. The van der Waals surface area contributed by atoms with Gasteiger partial charge >= 0.3 is 0 Å². The van der Waals surface area contributed by atoms with E-state index in [-0.39, 0.29) is 62.5 Å². The Morgan fingerprint density at radius 1 is 1.00 bits per heavy atom. The summed E-state index contributed by atoms with van der Waals surface area (Å²) in [4.78, 5) is 28.7. The van der Waals surface area contributed by atoms with E-state index in [9.17, 15) is 18.0 Å². The van der Waals surface area contributed by atoms with Crippen molar-refractivity contribution in [3.8, 4) is 17.2 Å². The van der Waals surface area contributed by atoms with E-state index in [0.717, 1.165) is 0 Å². The minimum absolute atomic E-state index is 0.0942. The van der Waals surface area contributed by atoms with Gasteiger partial charge in [0.25, 0.3) is 0 Å². The third-order valence-corrected chi connectivity index (χ3v) is 7.80. The fraction of sp³-hybridized carbons (Fsp3) is 0.391. The maximum absolute atomic E-state index is 13.1. The van der Waals surface area contributed by atoms with Crippen LogP contribution in [-0.2, 0) is 19.6 Å². The Labute approximate surface area is 198 Å². The molecule has 0 atom stereocenters.